The molecule has 14 nitrogen and oxygen atoms in total. The van der Waals surface area contributed by atoms with Gasteiger partial charge in [-0.3, -0.25) is 19.3 Å². The number of amides is 1. The fourth-order valence-electron chi connectivity index (χ4n) is 10.2. The van der Waals surface area contributed by atoms with Gasteiger partial charge in [-0.05, 0) is 148 Å². The van der Waals surface area contributed by atoms with Gasteiger partial charge in [0.15, 0.2) is 5.78 Å². The monoisotopic (exact) mass is 1130 g/mol. The number of nitrogens with one attached hydrogen (secondary N) is 2. The molecule has 0 bridgehead atoms. The van der Waals surface area contributed by atoms with Gasteiger partial charge >= 0.3 is 11.5 Å². The van der Waals surface area contributed by atoms with E-state index in [9.17, 15) is 49.5 Å². The molecular formula is C55H65ClF3N5O9S3. The zero-order valence-corrected chi connectivity index (χ0v) is 45.8. The number of alkyl halides is 3. The number of likely N-dealkylation sites (tertiary alicyclic amines) is 1. The van der Waals surface area contributed by atoms with Crippen LogP contribution in [0.25, 0.3) is 5.57 Å². The highest BCUT2D eigenvalue weighted by atomic mass is 35.5. The predicted octanol–water partition coefficient (Wildman–Crippen LogP) is 9.10. The lowest BCUT2D eigenvalue weighted by molar-refractivity contribution is -0.150. The second-order valence-corrected chi connectivity index (χ2v) is 26.0. The molecule has 2 aliphatic heterocycles. The van der Waals surface area contributed by atoms with E-state index in [4.69, 9.17) is 16.3 Å². The molecule has 410 valence electrons. The van der Waals surface area contributed by atoms with E-state index in [-0.39, 0.29) is 46.9 Å². The average Bonchev–Trinajstić information content (AvgIpc) is 3.98. The van der Waals surface area contributed by atoms with E-state index in [0.717, 1.165) is 61.6 Å². The van der Waals surface area contributed by atoms with E-state index in [0.29, 0.717) is 75.9 Å². The number of hydrogen-bond donors (Lipinski definition) is 3. The molecule has 76 heavy (non-hydrogen) atoms. The van der Waals surface area contributed by atoms with E-state index in [1.807, 2.05) is 47.2 Å². The van der Waals surface area contributed by atoms with E-state index < -0.39 is 58.9 Å². The summed E-state index contributed by atoms with van der Waals surface area (Å²) in [5.74, 6) is -2.00. The Morgan fingerprint density at radius 3 is 2.21 bits per heavy atom. The first kappa shape index (κ1) is 57.2. The number of nitrogens with zero attached hydrogens (tertiary/aromatic N) is 3. The van der Waals surface area contributed by atoms with Crippen molar-refractivity contribution in [3.8, 4) is 0 Å². The molecule has 0 aromatic heterocycles. The number of Topliss-reactive ketones (excluding diaryl/α,β-unsaturated/α-hetero) is 1. The van der Waals surface area contributed by atoms with E-state index >= 15 is 0 Å². The van der Waals surface area contributed by atoms with Gasteiger partial charge in [-0.1, -0.05) is 61.4 Å². The number of piperidine rings is 1. The van der Waals surface area contributed by atoms with Gasteiger partial charge in [0.1, 0.15) is 11.0 Å². The van der Waals surface area contributed by atoms with Crippen molar-refractivity contribution in [3.05, 3.63) is 119 Å². The third-order valence-corrected chi connectivity index (χ3v) is 19.1. The van der Waals surface area contributed by atoms with Crippen LogP contribution < -0.4 is 14.9 Å². The van der Waals surface area contributed by atoms with Crippen LogP contribution in [0.4, 0.5) is 24.5 Å². The van der Waals surface area contributed by atoms with E-state index in [1.54, 1.807) is 12.1 Å². The Hall–Kier alpha value is -4.96. The summed E-state index contributed by atoms with van der Waals surface area (Å²) in [5, 5.41) is 13.1. The average molecular weight is 1130 g/mol. The first-order valence-electron chi connectivity index (χ1n) is 25.7. The Balaban J connectivity index is 0.894. The molecule has 1 saturated carbocycles. The SMILES string of the molecule is CC1(C)CCC(c2ccc(Cl)cc2)=C(CN2CCN(c3ccc(C(=O)NS(=O)(=O)c4ccc(N[C@H](CCN5CCC(C(=O)OCCCC6C(=O)C6O)CC5)CSc5ccccc5)c(S(=O)(=O)C(F)(F)F)c4)cc3)CC2)C1. The summed E-state index contributed by atoms with van der Waals surface area (Å²) >= 11 is 7.60. The molecular weight excluding hydrogens is 1060 g/mol. The summed E-state index contributed by atoms with van der Waals surface area (Å²) in [6.45, 7) is 10.1. The van der Waals surface area contributed by atoms with Crippen molar-refractivity contribution < 1.29 is 54.2 Å². The topological polar surface area (TPSA) is 183 Å². The van der Waals surface area contributed by atoms with Gasteiger partial charge in [0.05, 0.1) is 29.0 Å². The lowest BCUT2D eigenvalue weighted by Gasteiger charge is -2.39. The van der Waals surface area contributed by atoms with Gasteiger partial charge in [0.25, 0.3) is 25.8 Å². The number of allylic oxidation sites excluding steroid dienone is 1. The predicted molar refractivity (Wildman–Crippen MR) is 288 cm³/mol. The van der Waals surface area contributed by atoms with Crippen molar-refractivity contribution in [3.63, 3.8) is 0 Å². The number of thioether (sulfide) groups is 1. The number of anilines is 2. The molecule has 3 fully saturated rings. The second kappa shape index (κ2) is 24.4. The molecule has 4 aromatic carbocycles. The normalized spacial score (nSPS) is 20.3. The molecule has 8 rings (SSSR count). The third kappa shape index (κ3) is 14.6. The van der Waals surface area contributed by atoms with Crippen LogP contribution in [-0.2, 0) is 34.2 Å². The van der Waals surface area contributed by atoms with Crippen LogP contribution >= 0.6 is 23.4 Å². The Labute approximate surface area is 452 Å². The largest absolute Gasteiger partial charge is 0.501 e. The Morgan fingerprint density at radius 2 is 1.57 bits per heavy atom. The van der Waals surface area contributed by atoms with Crippen LogP contribution in [-0.4, -0.2) is 132 Å². The zero-order valence-electron chi connectivity index (χ0n) is 42.6. The van der Waals surface area contributed by atoms with Crippen LogP contribution in [0.5, 0.6) is 0 Å². The van der Waals surface area contributed by atoms with Crippen LogP contribution in [0.3, 0.4) is 0 Å². The van der Waals surface area contributed by atoms with Gasteiger partial charge < -0.3 is 25.0 Å². The van der Waals surface area contributed by atoms with Gasteiger partial charge in [-0.15, -0.1) is 11.8 Å². The highest BCUT2D eigenvalue weighted by molar-refractivity contribution is 7.99. The molecule has 1 amide bonds. The Bertz CT molecular complexity index is 2970. The summed E-state index contributed by atoms with van der Waals surface area (Å²) in [4.78, 5) is 43.0. The maximum Gasteiger partial charge on any atom is 0.501 e. The summed E-state index contributed by atoms with van der Waals surface area (Å²) in [6, 6.07) is 25.3. The van der Waals surface area contributed by atoms with Gasteiger partial charge in [0, 0.05) is 72.2 Å². The lowest BCUT2D eigenvalue weighted by Crippen LogP contribution is -2.47. The molecule has 0 radical (unpaired) electrons. The minimum Gasteiger partial charge on any atom is -0.465 e. The van der Waals surface area contributed by atoms with Gasteiger partial charge in [-0.2, -0.15) is 13.2 Å². The number of esters is 1. The molecule has 3 atom stereocenters. The number of carbonyl (C=O) groups excluding carboxylic acids is 3. The fourth-order valence-corrected chi connectivity index (χ4v) is 13.4. The van der Waals surface area contributed by atoms with Gasteiger partial charge in [-0.25, -0.2) is 21.6 Å². The Kier molecular flexibility index (Phi) is 18.3. The number of benzene rings is 4. The molecule has 2 unspecified atom stereocenters. The maximum atomic E-state index is 14.4. The summed E-state index contributed by atoms with van der Waals surface area (Å²) in [7, 11) is -11.0. The molecule has 21 heteroatoms. The number of aliphatic hydroxyl groups is 1. The summed E-state index contributed by atoms with van der Waals surface area (Å²) < 4.78 is 104. The number of rotatable bonds is 21. The fraction of sp³-hybridized carbons (Fsp3) is 0.473. The van der Waals surface area contributed by atoms with Crippen LogP contribution in [0.2, 0.25) is 5.02 Å². The van der Waals surface area contributed by atoms with Crippen molar-refractivity contribution in [2.75, 3.05) is 74.9 Å². The maximum absolute atomic E-state index is 14.4. The van der Waals surface area contributed by atoms with Crippen molar-refractivity contribution >= 4 is 77.8 Å². The number of halogens is 4. The zero-order chi connectivity index (χ0) is 54.4. The van der Waals surface area contributed by atoms with Crippen molar-refractivity contribution in [2.24, 2.45) is 17.3 Å². The van der Waals surface area contributed by atoms with Crippen molar-refractivity contribution in [2.45, 2.75) is 97.6 Å². The first-order valence-corrected chi connectivity index (χ1v) is 30.0. The minimum atomic E-state index is -6.14. The Morgan fingerprint density at radius 1 is 0.895 bits per heavy atom. The number of sulfone groups is 1. The van der Waals surface area contributed by atoms with Crippen LogP contribution in [0.15, 0.2) is 117 Å². The highest BCUT2D eigenvalue weighted by Crippen LogP contribution is 2.43. The molecule has 2 saturated heterocycles. The van der Waals surface area contributed by atoms with E-state index in [2.05, 4.69) is 46.0 Å². The molecule has 4 aromatic rings. The standard InChI is InChI=1S/C55H65ClF3N5O9S3/c1-54(2)24-20-46(37-10-14-41(56)15-11-37)40(34-54)35-63-28-30-64(31-29-63)43-16-12-38(13-17-43)52(67)61-76(71,72)45-18-19-48(49(33-45)75(69,70)55(57,58)59)60-42(36-74-44-7-4-3-5-8-44)23-27-62-25-21-39(22-26-62)53(68)73-32-6-9-47-50(65)51(47)66/h3-5,7-8,10-19,33,39,42,47,50,60,65H,6,9,20-32,34-36H2,1-2H3,(H,61,67)/t42-,47?,50?/m1/s1. The van der Waals surface area contributed by atoms with Crippen molar-refractivity contribution in [1.29, 1.82) is 0 Å². The minimum absolute atomic E-state index is 0.0297. The summed E-state index contributed by atoms with van der Waals surface area (Å²) in [5.41, 5.74) is -1.24. The smallest absolute Gasteiger partial charge is 0.465 e. The quantitative estimate of drug-likeness (QED) is 0.0408. The number of carbonyl (C=O) groups is 3. The molecule has 2 aliphatic carbocycles. The van der Waals surface area contributed by atoms with Crippen LogP contribution in [0.1, 0.15) is 81.1 Å². The van der Waals surface area contributed by atoms with E-state index in [1.165, 1.54) is 40.6 Å². The van der Waals surface area contributed by atoms with Crippen molar-refractivity contribution in [1.82, 2.24) is 14.5 Å². The molecule has 4 aliphatic rings. The highest BCUT2D eigenvalue weighted by Gasteiger charge is 2.49. The second-order valence-electron chi connectivity index (χ2n) is 20.9. The number of ether oxygens (including phenoxy) is 1. The number of hydrogen-bond acceptors (Lipinski definition) is 14. The molecule has 0 spiro atoms. The third-order valence-electron chi connectivity index (χ3n) is 14.8. The molecule has 3 N–H and O–H groups in total. The number of ketones is 1. The van der Waals surface area contributed by atoms with Gasteiger partial charge in [0.2, 0.25) is 0 Å². The summed E-state index contributed by atoms with van der Waals surface area (Å²) in [6.07, 6.45) is 4.47. The number of sulfonamides is 1. The molecule has 2 heterocycles. The number of aliphatic hydroxyl groups excluding tert-OH is 1. The number of piperazine rings is 1. The van der Waals surface area contributed by atoms with Crippen LogP contribution in [0, 0.1) is 17.3 Å². The lowest BCUT2D eigenvalue weighted by atomic mass is 9.73. The first-order chi connectivity index (χ1) is 36.1.